The summed E-state index contributed by atoms with van der Waals surface area (Å²) < 4.78 is 5.49. The zero-order valence-electron chi connectivity index (χ0n) is 10.3. The summed E-state index contributed by atoms with van der Waals surface area (Å²) in [5.74, 6) is 1.16. The van der Waals surface area contributed by atoms with Crippen LogP contribution in [0.5, 0.6) is 0 Å². The highest BCUT2D eigenvalue weighted by molar-refractivity contribution is 6.30. The molecule has 0 bridgehead atoms. The van der Waals surface area contributed by atoms with Crippen LogP contribution < -0.4 is 0 Å². The van der Waals surface area contributed by atoms with Crippen molar-refractivity contribution < 1.29 is 4.74 Å². The van der Waals surface area contributed by atoms with Crippen molar-refractivity contribution in [2.75, 3.05) is 19.1 Å². The van der Waals surface area contributed by atoms with Crippen LogP contribution in [-0.2, 0) is 11.2 Å². The summed E-state index contributed by atoms with van der Waals surface area (Å²) in [7, 11) is 0. The van der Waals surface area contributed by atoms with Crippen molar-refractivity contribution in [1.29, 1.82) is 0 Å². The van der Waals surface area contributed by atoms with E-state index in [9.17, 15) is 0 Å². The van der Waals surface area contributed by atoms with Crippen molar-refractivity contribution in [1.82, 2.24) is 0 Å². The molecule has 0 saturated heterocycles. The molecule has 1 rings (SSSR count). The Balaban J connectivity index is 2.33. The van der Waals surface area contributed by atoms with E-state index in [1.165, 1.54) is 5.56 Å². The molecule has 1 atom stereocenters. The maximum Gasteiger partial charge on any atom is 0.0469 e. The van der Waals surface area contributed by atoms with Crippen molar-refractivity contribution in [3.8, 4) is 0 Å². The summed E-state index contributed by atoms with van der Waals surface area (Å²) in [5, 5.41) is 0.780. The summed E-state index contributed by atoms with van der Waals surface area (Å²) in [6, 6.07) is 7.98. The fourth-order valence-electron chi connectivity index (χ4n) is 1.68. The lowest BCUT2D eigenvalue weighted by Gasteiger charge is -2.14. The Hall–Kier alpha value is -0.240. The molecule has 0 aromatic heterocycles. The zero-order chi connectivity index (χ0) is 12.5. The Morgan fingerprint density at radius 2 is 1.88 bits per heavy atom. The largest absolute Gasteiger partial charge is 0.381 e. The van der Waals surface area contributed by atoms with Crippen molar-refractivity contribution in [3.63, 3.8) is 0 Å². The van der Waals surface area contributed by atoms with E-state index in [-0.39, 0.29) is 0 Å². The van der Waals surface area contributed by atoms with Gasteiger partial charge in [-0.2, -0.15) is 0 Å². The van der Waals surface area contributed by atoms with Crippen LogP contribution >= 0.6 is 23.2 Å². The molecule has 0 radical (unpaired) electrons. The first-order chi connectivity index (χ1) is 8.26. The van der Waals surface area contributed by atoms with Gasteiger partial charge in [0.15, 0.2) is 0 Å². The van der Waals surface area contributed by atoms with E-state index in [0.29, 0.717) is 11.8 Å². The maximum absolute atomic E-state index is 5.98. The van der Waals surface area contributed by atoms with Gasteiger partial charge in [-0.15, -0.1) is 11.6 Å². The molecule has 0 aliphatic carbocycles. The van der Waals surface area contributed by atoms with E-state index >= 15 is 0 Å². The number of alkyl halides is 1. The van der Waals surface area contributed by atoms with Crippen LogP contribution in [0.2, 0.25) is 5.02 Å². The lowest BCUT2D eigenvalue weighted by Crippen LogP contribution is -2.10. The second-order valence-corrected chi connectivity index (χ2v) is 5.00. The van der Waals surface area contributed by atoms with Gasteiger partial charge in [-0.1, -0.05) is 30.7 Å². The summed E-state index contributed by atoms with van der Waals surface area (Å²) >= 11 is 11.8. The molecule has 17 heavy (non-hydrogen) atoms. The van der Waals surface area contributed by atoms with Gasteiger partial charge in [-0.25, -0.2) is 0 Å². The number of hydrogen-bond donors (Lipinski definition) is 0. The van der Waals surface area contributed by atoms with Crippen LogP contribution in [0.15, 0.2) is 24.3 Å². The minimum Gasteiger partial charge on any atom is -0.381 e. The first-order valence-electron chi connectivity index (χ1n) is 6.14. The van der Waals surface area contributed by atoms with Crippen LogP contribution in [0, 0.1) is 5.92 Å². The summed E-state index contributed by atoms with van der Waals surface area (Å²) in [5.41, 5.74) is 1.29. The molecule has 0 aliphatic heterocycles. The maximum atomic E-state index is 5.98. The quantitative estimate of drug-likeness (QED) is 0.499. The van der Waals surface area contributed by atoms with Gasteiger partial charge in [0.05, 0.1) is 0 Å². The lowest BCUT2D eigenvalue weighted by molar-refractivity contribution is 0.122. The third kappa shape index (κ3) is 6.30. The predicted octanol–water partition coefficient (Wildman–Crippen LogP) is 4.55. The molecule has 1 nitrogen and oxygen atoms in total. The average Bonchev–Trinajstić information content (AvgIpc) is 2.35. The zero-order valence-corrected chi connectivity index (χ0v) is 11.8. The lowest BCUT2D eigenvalue weighted by atomic mass is 9.98. The van der Waals surface area contributed by atoms with E-state index in [4.69, 9.17) is 27.9 Å². The Labute approximate surface area is 114 Å². The average molecular weight is 275 g/mol. The fourth-order valence-corrected chi connectivity index (χ4v) is 2.07. The van der Waals surface area contributed by atoms with Crippen LogP contribution in [0.3, 0.4) is 0 Å². The Morgan fingerprint density at radius 1 is 1.18 bits per heavy atom. The monoisotopic (exact) mass is 274 g/mol. The van der Waals surface area contributed by atoms with Crippen LogP contribution in [-0.4, -0.2) is 19.1 Å². The second kappa shape index (κ2) is 8.79. The van der Waals surface area contributed by atoms with Crippen molar-refractivity contribution in [3.05, 3.63) is 34.9 Å². The Morgan fingerprint density at radius 3 is 2.47 bits per heavy atom. The third-order valence-corrected chi connectivity index (χ3v) is 3.36. The van der Waals surface area contributed by atoms with Gasteiger partial charge in [0.2, 0.25) is 0 Å². The second-order valence-electron chi connectivity index (χ2n) is 4.25. The minimum absolute atomic E-state index is 0.481. The number of halogens is 2. The van der Waals surface area contributed by atoms with Crippen molar-refractivity contribution in [2.45, 2.75) is 26.2 Å². The first kappa shape index (κ1) is 14.8. The fraction of sp³-hybridized carbons (Fsp3) is 0.571. The molecule has 0 aliphatic rings. The van der Waals surface area contributed by atoms with Gasteiger partial charge in [0.25, 0.3) is 0 Å². The Kier molecular flexibility index (Phi) is 7.67. The number of hydrogen-bond acceptors (Lipinski definition) is 1. The Bertz CT molecular complexity index is 298. The third-order valence-electron chi connectivity index (χ3n) is 2.67. The highest BCUT2D eigenvalue weighted by atomic mass is 35.5. The van der Waals surface area contributed by atoms with E-state index in [2.05, 4.69) is 19.1 Å². The number of benzene rings is 1. The van der Waals surface area contributed by atoms with Crippen molar-refractivity contribution in [2.24, 2.45) is 5.92 Å². The van der Waals surface area contributed by atoms with E-state index in [0.717, 1.165) is 37.5 Å². The van der Waals surface area contributed by atoms with Gasteiger partial charge in [0.1, 0.15) is 0 Å². The molecule has 3 heteroatoms. The molecule has 0 heterocycles. The molecule has 0 saturated carbocycles. The number of rotatable bonds is 8. The smallest absolute Gasteiger partial charge is 0.0469 e. The molecule has 1 aromatic rings. The van der Waals surface area contributed by atoms with Crippen molar-refractivity contribution >= 4 is 23.2 Å². The molecule has 0 amide bonds. The van der Waals surface area contributed by atoms with E-state index in [1.807, 2.05) is 12.1 Å². The topological polar surface area (TPSA) is 9.23 Å². The minimum atomic E-state index is 0.481. The van der Waals surface area contributed by atoms with E-state index < -0.39 is 0 Å². The molecular formula is C14H20Cl2O. The van der Waals surface area contributed by atoms with Gasteiger partial charge in [-0.05, 0) is 42.9 Å². The molecule has 96 valence electrons. The van der Waals surface area contributed by atoms with Gasteiger partial charge < -0.3 is 4.74 Å². The van der Waals surface area contributed by atoms with Crippen LogP contribution in [0.1, 0.15) is 25.3 Å². The molecule has 0 N–H and O–H groups in total. The first-order valence-corrected chi connectivity index (χ1v) is 7.05. The van der Waals surface area contributed by atoms with Gasteiger partial charge >= 0.3 is 0 Å². The van der Waals surface area contributed by atoms with Crippen LogP contribution in [0.4, 0.5) is 0 Å². The molecule has 1 unspecified atom stereocenters. The predicted molar refractivity (Wildman–Crippen MR) is 75.1 cm³/mol. The van der Waals surface area contributed by atoms with E-state index in [1.54, 1.807) is 0 Å². The van der Waals surface area contributed by atoms with Gasteiger partial charge in [0, 0.05) is 24.1 Å². The summed E-state index contributed by atoms with van der Waals surface area (Å²) in [6.07, 6.45) is 3.09. The molecule has 1 aromatic carbocycles. The normalized spacial score (nSPS) is 12.6. The molecule has 0 spiro atoms. The van der Waals surface area contributed by atoms with Gasteiger partial charge in [-0.3, -0.25) is 0 Å². The highest BCUT2D eigenvalue weighted by Crippen LogP contribution is 2.16. The summed E-state index contributed by atoms with van der Waals surface area (Å²) in [6.45, 7) is 3.77. The molecular weight excluding hydrogens is 255 g/mol. The number of ether oxygens (including phenoxy) is 1. The summed E-state index contributed by atoms with van der Waals surface area (Å²) in [4.78, 5) is 0. The van der Waals surface area contributed by atoms with Crippen LogP contribution in [0.25, 0.3) is 0 Å². The highest BCUT2D eigenvalue weighted by Gasteiger charge is 2.08. The standard InChI is InChI=1S/C14H20Cl2O/c1-2-8-17-9-7-13(11-15)10-12-3-5-14(16)6-4-12/h3-6,13H,2,7-11H2,1H3. The SMILES string of the molecule is CCCOCCC(CCl)Cc1ccc(Cl)cc1. The molecule has 0 fully saturated rings.